The van der Waals surface area contributed by atoms with Crippen molar-refractivity contribution < 1.29 is 4.79 Å². The Bertz CT molecular complexity index is 996. The van der Waals surface area contributed by atoms with Gasteiger partial charge in [-0.25, -0.2) is 9.97 Å². The zero-order valence-corrected chi connectivity index (χ0v) is 13.8. The molecule has 126 valence electrons. The summed E-state index contributed by atoms with van der Waals surface area (Å²) in [5.41, 5.74) is 2.44. The Balaban J connectivity index is 1.66. The summed E-state index contributed by atoms with van der Waals surface area (Å²) in [5.74, 6) is 0.199. The van der Waals surface area contributed by atoms with Crippen LogP contribution in [0, 0.1) is 0 Å². The van der Waals surface area contributed by atoms with Gasteiger partial charge in [-0.3, -0.25) is 14.2 Å². The Morgan fingerprint density at radius 1 is 0.960 bits per heavy atom. The molecule has 0 unspecified atom stereocenters. The molecular formula is C19H18N4O2. The average Bonchev–Trinajstić information content (AvgIpc) is 3.04. The fourth-order valence-electron chi connectivity index (χ4n) is 3.24. The van der Waals surface area contributed by atoms with Gasteiger partial charge in [0.25, 0.3) is 5.56 Å². The molecule has 6 nitrogen and oxygen atoms in total. The Kier molecular flexibility index (Phi) is 4.01. The maximum absolute atomic E-state index is 12.7. The summed E-state index contributed by atoms with van der Waals surface area (Å²) in [5, 5.41) is 0.511. The fraction of sp³-hybridized carbons (Fsp3) is 0.263. The highest BCUT2D eigenvalue weighted by Crippen LogP contribution is 2.18. The molecule has 4 rings (SSSR count). The van der Waals surface area contributed by atoms with E-state index < -0.39 is 0 Å². The van der Waals surface area contributed by atoms with Crippen LogP contribution in [0.3, 0.4) is 0 Å². The van der Waals surface area contributed by atoms with Gasteiger partial charge in [0.15, 0.2) is 5.65 Å². The van der Waals surface area contributed by atoms with Crippen molar-refractivity contribution in [2.24, 2.45) is 0 Å². The number of benzene rings is 1. The standard InChI is InChI=1S/C19H18N4O2/c24-17-8-4-10-22(17)11-14-5-1-2-6-15(14)12-23-13-21-18-16(19(23)25)7-3-9-20-18/h1-3,5-7,9,13H,4,8,10-12H2. The largest absolute Gasteiger partial charge is 0.338 e. The van der Waals surface area contributed by atoms with Crippen molar-refractivity contribution in [3.63, 3.8) is 0 Å². The topological polar surface area (TPSA) is 68.1 Å². The maximum Gasteiger partial charge on any atom is 0.263 e. The predicted molar refractivity (Wildman–Crippen MR) is 94.0 cm³/mol. The van der Waals surface area contributed by atoms with Crippen LogP contribution in [0.2, 0.25) is 0 Å². The summed E-state index contributed by atoms with van der Waals surface area (Å²) < 4.78 is 1.59. The van der Waals surface area contributed by atoms with Gasteiger partial charge in [-0.1, -0.05) is 24.3 Å². The molecule has 1 aliphatic heterocycles. The van der Waals surface area contributed by atoms with Crippen molar-refractivity contribution in [1.29, 1.82) is 0 Å². The number of nitrogens with zero attached hydrogens (tertiary/aromatic N) is 4. The second-order valence-corrected chi connectivity index (χ2v) is 6.24. The number of rotatable bonds is 4. The van der Waals surface area contributed by atoms with Crippen molar-refractivity contribution in [3.8, 4) is 0 Å². The van der Waals surface area contributed by atoms with Gasteiger partial charge in [-0.15, -0.1) is 0 Å². The van der Waals surface area contributed by atoms with Crippen LogP contribution in [0.1, 0.15) is 24.0 Å². The molecule has 0 N–H and O–H groups in total. The molecule has 0 bridgehead atoms. The van der Waals surface area contributed by atoms with E-state index in [4.69, 9.17) is 0 Å². The van der Waals surface area contributed by atoms with Gasteiger partial charge < -0.3 is 4.90 Å². The summed E-state index contributed by atoms with van der Waals surface area (Å²) in [7, 11) is 0. The molecule has 0 spiro atoms. The van der Waals surface area contributed by atoms with Crippen molar-refractivity contribution >= 4 is 16.9 Å². The van der Waals surface area contributed by atoms with E-state index in [1.165, 1.54) is 6.33 Å². The average molecular weight is 334 g/mol. The van der Waals surface area contributed by atoms with E-state index in [0.717, 1.165) is 24.1 Å². The molecule has 0 saturated carbocycles. The summed E-state index contributed by atoms with van der Waals surface area (Å²) in [6.07, 6.45) is 4.71. The van der Waals surface area contributed by atoms with Gasteiger partial charge in [0.2, 0.25) is 5.91 Å². The lowest BCUT2D eigenvalue weighted by Crippen LogP contribution is -2.26. The molecule has 3 aromatic rings. The van der Waals surface area contributed by atoms with Gasteiger partial charge in [-0.2, -0.15) is 0 Å². The van der Waals surface area contributed by atoms with Crippen LogP contribution in [0.4, 0.5) is 0 Å². The van der Waals surface area contributed by atoms with Gasteiger partial charge in [0, 0.05) is 25.7 Å². The Morgan fingerprint density at radius 3 is 2.52 bits per heavy atom. The molecule has 1 amide bonds. The highest BCUT2D eigenvalue weighted by molar-refractivity contribution is 5.78. The van der Waals surface area contributed by atoms with Crippen LogP contribution in [0.5, 0.6) is 0 Å². The van der Waals surface area contributed by atoms with Crippen LogP contribution < -0.4 is 5.56 Å². The number of hydrogen-bond acceptors (Lipinski definition) is 4. The smallest absolute Gasteiger partial charge is 0.263 e. The SMILES string of the molecule is O=C1CCCN1Cc1ccccc1Cn1cnc2ncccc2c1=O. The molecule has 6 heteroatoms. The minimum absolute atomic E-state index is 0.106. The first-order chi connectivity index (χ1) is 12.2. The third-order valence-electron chi connectivity index (χ3n) is 4.59. The first-order valence-electron chi connectivity index (χ1n) is 8.37. The summed E-state index contributed by atoms with van der Waals surface area (Å²) >= 11 is 0. The highest BCUT2D eigenvalue weighted by atomic mass is 16.2. The van der Waals surface area contributed by atoms with E-state index in [1.807, 2.05) is 29.2 Å². The van der Waals surface area contributed by atoms with E-state index in [1.54, 1.807) is 22.9 Å². The second kappa shape index (κ2) is 6.47. The van der Waals surface area contributed by atoms with Gasteiger partial charge in [0.1, 0.15) is 6.33 Å². The first kappa shape index (κ1) is 15.5. The van der Waals surface area contributed by atoms with Crippen molar-refractivity contribution in [2.75, 3.05) is 6.54 Å². The van der Waals surface area contributed by atoms with Crippen LogP contribution in [-0.4, -0.2) is 31.9 Å². The Hall–Kier alpha value is -3.02. The lowest BCUT2D eigenvalue weighted by molar-refractivity contribution is -0.128. The Labute approximate surface area is 144 Å². The number of carbonyl (C=O) groups excluding carboxylic acids is 1. The number of aromatic nitrogens is 3. The molecule has 0 radical (unpaired) electrons. The quantitative estimate of drug-likeness (QED) is 0.731. The van der Waals surface area contributed by atoms with Crippen molar-refractivity contribution in [1.82, 2.24) is 19.4 Å². The molecule has 3 heterocycles. The molecule has 1 saturated heterocycles. The zero-order chi connectivity index (χ0) is 17.2. The minimum atomic E-state index is -0.106. The molecule has 1 aliphatic rings. The third kappa shape index (κ3) is 3.03. The van der Waals surface area contributed by atoms with Crippen molar-refractivity contribution in [2.45, 2.75) is 25.9 Å². The molecule has 1 fully saturated rings. The molecule has 0 aliphatic carbocycles. The number of fused-ring (bicyclic) bond motifs is 1. The van der Waals surface area contributed by atoms with E-state index >= 15 is 0 Å². The monoisotopic (exact) mass is 334 g/mol. The van der Waals surface area contributed by atoms with E-state index in [-0.39, 0.29) is 11.5 Å². The number of likely N-dealkylation sites (tertiary alicyclic amines) is 1. The molecule has 25 heavy (non-hydrogen) atoms. The normalized spacial score (nSPS) is 14.4. The number of amides is 1. The van der Waals surface area contributed by atoms with Gasteiger partial charge in [-0.05, 0) is 29.7 Å². The van der Waals surface area contributed by atoms with Crippen LogP contribution in [0.15, 0.2) is 53.7 Å². The summed E-state index contributed by atoms with van der Waals surface area (Å²) in [4.78, 5) is 34.8. The van der Waals surface area contributed by atoms with Gasteiger partial charge >= 0.3 is 0 Å². The Morgan fingerprint density at radius 2 is 1.76 bits per heavy atom. The first-order valence-corrected chi connectivity index (χ1v) is 8.37. The predicted octanol–water partition coefficient (Wildman–Crippen LogP) is 1.96. The van der Waals surface area contributed by atoms with E-state index in [0.29, 0.717) is 30.5 Å². The van der Waals surface area contributed by atoms with Crippen LogP contribution in [0.25, 0.3) is 11.0 Å². The summed E-state index contributed by atoms with van der Waals surface area (Å²) in [6.45, 7) is 1.82. The minimum Gasteiger partial charge on any atom is -0.338 e. The van der Waals surface area contributed by atoms with Gasteiger partial charge in [0.05, 0.1) is 11.9 Å². The zero-order valence-electron chi connectivity index (χ0n) is 13.8. The highest BCUT2D eigenvalue weighted by Gasteiger charge is 2.21. The molecule has 2 aromatic heterocycles. The van der Waals surface area contributed by atoms with E-state index in [2.05, 4.69) is 9.97 Å². The third-order valence-corrected chi connectivity index (χ3v) is 4.59. The fourth-order valence-corrected chi connectivity index (χ4v) is 3.24. The molecule has 0 atom stereocenters. The van der Waals surface area contributed by atoms with Crippen molar-refractivity contribution in [3.05, 3.63) is 70.4 Å². The number of hydrogen-bond donors (Lipinski definition) is 0. The van der Waals surface area contributed by atoms with Crippen LogP contribution >= 0.6 is 0 Å². The van der Waals surface area contributed by atoms with E-state index in [9.17, 15) is 9.59 Å². The summed E-state index contributed by atoms with van der Waals surface area (Å²) in [6, 6.07) is 11.4. The molecule has 1 aromatic carbocycles. The molecular weight excluding hydrogens is 316 g/mol. The lowest BCUT2D eigenvalue weighted by Gasteiger charge is -2.18. The lowest BCUT2D eigenvalue weighted by atomic mass is 10.1. The second-order valence-electron chi connectivity index (χ2n) is 6.24. The number of pyridine rings is 1. The number of carbonyl (C=O) groups is 1. The van der Waals surface area contributed by atoms with Crippen LogP contribution in [-0.2, 0) is 17.9 Å². The maximum atomic E-state index is 12.7.